The van der Waals surface area contributed by atoms with Crippen LogP contribution in [-0.2, 0) is 11.8 Å². The molecule has 0 aliphatic carbocycles. The summed E-state index contributed by atoms with van der Waals surface area (Å²) in [6.45, 7) is 11.6. The molecule has 0 atom stereocenters. The standard InChI is InChI=1S/C32H39N3O2/c1-5-6-7-24-8-10-25(11-9-24)30(36)33-28-16-18-29(19-17-28)34-20-22-35(23-21-34)31(37)26-12-14-27(15-13-26)32(2,3)4/h8-19H,5-7,20-23H2,1-4H3,(H,33,36). The fraction of sp³-hybridized carbons (Fsp3) is 0.375. The van der Waals surface area contributed by atoms with E-state index in [2.05, 4.69) is 50.0 Å². The smallest absolute Gasteiger partial charge is 0.255 e. The van der Waals surface area contributed by atoms with Gasteiger partial charge < -0.3 is 15.1 Å². The van der Waals surface area contributed by atoms with Crippen LogP contribution < -0.4 is 10.2 Å². The number of anilines is 2. The van der Waals surface area contributed by atoms with Gasteiger partial charge in [0.1, 0.15) is 0 Å². The lowest BCUT2D eigenvalue weighted by molar-refractivity contribution is 0.0746. The minimum Gasteiger partial charge on any atom is -0.368 e. The number of carbonyl (C=O) groups excluding carboxylic acids is 2. The maximum Gasteiger partial charge on any atom is 0.255 e. The van der Waals surface area contributed by atoms with Gasteiger partial charge in [-0.05, 0) is 77.9 Å². The van der Waals surface area contributed by atoms with E-state index in [9.17, 15) is 9.59 Å². The highest BCUT2D eigenvalue weighted by molar-refractivity contribution is 6.04. The van der Waals surface area contributed by atoms with Crippen molar-refractivity contribution in [1.82, 2.24) is 4.90 Å². The quantitative estimate of drug-likeness (QED) is 0.403. The van der Waals surface area contributed by atoms with E-state index in [1.165, 1.54) is 11.1 Å². The van der Waals surface area contributed by atoms with Crippen LogP contribution in [0.1, 0.15) is 72.4 Å². The Kier molecular flexibility index (Phi) is 8.32. The van der Waals surface area contributed by atoms with Crippen LogP contribution in [0.2, 0.25) is 0 Å². The fourth-order valence-electron chi connectivity index (χ4n) is 4.63. The summed E-state index contributed by atoms with van der Waals surface area (Å²) in [5.41, 5.74) is 5.86. The molecule has 4 rings (SSSR count). The van der Waals surface area contributed by atoms with Gasteiger partial charge in [-0.15, -0.1) is 0 Å². The zero-order chi connectivity index (χ0) is 26.4. The largest absolute Gasteiger partial charge is 0.368 e. The molecule has 0 saturated carbocycles. The summed E-state index contributed by atoms with van der Waals surface area (Å²) in [6, 6.07) is 23.8. The summed E-state index contributed by atoms with van der Waals surface area (Å²) < 4.78 is 0. The van der Waals surface area contributed by atoms with Gasteiger partial charge in [0.25, 0.3) is 11.8 Å². The van der Waals surface area contributed by atoms with Crippen molar-refractivity contribution in [2.75, 3.05) is 36.4 Å². The van der Waals surface area contributed by atoms with Gasteiger partial charge in [0.15, 0.2) is 0 Å². The van der Waals surface area contributed by atoms with E-state index in [1.54, 1.807) is 0 Å². The average Bonchev–Trinajstić information content (AvgIpc) is 2.92. The first-order chi connectivity index (χ1) is 17.7. The maximum absolute atomic E-state index is 13.0. The monoisotopic (exact) mass is 497 g/mol. The summed E-state index contributed by atoms with van der Waals surface area (Å²) in [6.07, 6.45) is 3.37. The third-order valence-corrected chi connectivity index (χ3v) is 7.09. The van der Waals surface area contributed by atoms with Crippen LogP contribution in [0.3, 0.4) is 0 Å². The second kappa shape index (κ2) is 11.6. The van der Waals surface area contributed by atoms with Gasteiger partial charge in [-0.2, -0.15) is 0 Å². The average molecular weight is 498 g/mol. The molecule has 1 N–H and O–H groups in total. The highest BCUT2D eigenvalue weighted by Gasteiger charge is 2.23. The number of nitrogens with one attached hydrogen (secondary N) is 1. The second-order valence-corrected chi connectivity index (χ2v) is 10.9. The van der Waals surface area contributed by atoms with Crippen molar-refractivity contribution in [2.24, 2.45) is 0 Å². The molecule has 0 aromatic heterocycles. The molecule has 3 aromatic rings. The van der Waals surface area contributed by atoms with Gasteiger partial charge in [-0.3, -0.25) is 9.59 Å². The van der Waals surface area contributed by atoms with E-state index in [-0.39, 0.29) is 17.2 Å². The van der Waals surface area contributed by atoms with Crippen LogP contribution in [0.25, 0.3) is 0 Å². The van der Waals surface area contributed by atoms with Gasteiger partial charge in [0.05, 0.1) is 0 Å². The Bertz CT molecular complexity index is 1180. The predicted molar refractivity (Wildman–Crippen MR) is 153 cm³/mol. The summed E-state index contributed by atoms with van der Waals surface area (Å²) in [5, 5.41) is 2.99. The molecule has 1 fully saturated rings. The van der Waals surface area contributed by atoms with E-state index in [4.69, 9.17) is 0 Å². The molecular weight excluding hydrogens is 458 g/mol. The molecule has 3 aromatic carbocycles. The number of benzene rings is 3. The number of piperazine rings is 1. The van der Waals surface area contributed by atoms with Gasteiger partial charge in [-0.1, -0.05) is 58.4 Å². The van der Waals surface area contributed by atoms with Gasteiger partial charge in [0, 0.05) is 48.7 Å². The number of aryl methyl sites for hydroxylation is 1. The van der Waals surface area contributed by atoms with Gasteiger partial charge in [0.2, 0.25) is 0 Å². The topological polar surface area (TPSA) is 52.7 Å². The number of hydrogen-bond acceptors (Lipinski definition) is 3. The number of unbranched alkanes of at least 4 members (excludes halogenated alkanes) is 1. The lowest BCUT2D eigenvalue weighted by Gasteiger charge is -2.36. The SMILES string of the molecule is CCCCc1ccc(C(=O)Nc2ccc(N3CCN(C(=O)c4ccc(C(C)(C)C)cc4)CC3)cc2)cc1. The minimum atomic E-state index is -0.0996. The van der Waals surface area contributed by atoms with Crippen molar-refractivity contribution in [3.8, 4) is 0 Å². The van der Waals surface area contributed by atoms with Crippen molar-refractivity contribution in [1.29, 1.82) is 0 Å². The Morgan fingerprint density at radius 2 is 1.38 bits per heavy atom. The van der Waals surface area contributed by atoms with Gasteiger partial charge >= 0.3 is 0 Å². The molecule has 194 valence electrons. The lowest BCUT2D eigenvalue weighted by atomic mass is 9.86. The van der Waals surface area contributed by atoms with Gasteiger partial charge in [-0.25, -0.2) is 0 Å². The van der Waals surface area contributed by atoms with Crippen molar-refractivity contribution >= 4 is 23.2 Å². The molecule has 1 saturated heterocycles. The maximum atomic E-state index is 13.0. The summed E-state index contributed by atoms with van der Waals surface area (Å²) in [5.74, 6) is -0.00554. The van der Waals surface area contributed by atoms with Crippen molar-refractivity contribution in [2.45, 2.75) is 52.4 Å². The van der Waals surface area contributed by atoms with Crippen LogP contribution in [0.4, 0.5) is 11.4 Å². The second-order valence-electron chi connectivity index (χ2n) is 10.9. The third-order valence-electron chi connectivity index (χ3n) is 7.09. The van der Waals surface area contributed by atoms with E-state index < -0.39 is 0 Å². The van der Waals surface area contributed by atoms with Crippen LogP contribution in [0.15, 0.2) is 72.8 Å². The summed E-state index contributed by atoms with van der Waals surface area (Å²) in [4.78, 5) is 29.9. The molecule has 1 heterocycles. The van der Waals surface area contributed by atoms with E-state index in [0.29, 0.717) is 18.7 Å². The highest BCUT2D eigenvalue weighted by Crippen LogP contribution is 2.24. The molecule has 5 nitrogen and oxygen atoms in total. The van der Waals surface area contributed by atoms with Crippen LogP contribution >= 0.6 is 0 Å². The molecule has 2 amide bonds. The first kappa shape index (κ1) is 26.5. The molecule has 0 spiro atoms. The van der Waals surface area contributed by atoms with Crippen molar-refractivity contribution in [3.63, 3.8) is 0 Å². The Balaban J connectivity index is 1.29. The Labute approximate surface area is 221 Å². The van der Waals surface area contributed by atoms with Crippen LogP contribution in [-0.4, -0.2) is 42.9 Å². The Morgan fingerprint density at radius 3 is 1.95 bits per heavy atom. The Morgan fingerprint density at radius 1 is 0.784 bits per heavy atom. The van der Waals surface area contributed by atoms with E-state index in [1.807, 2.05) is 65.6 Å². The summed E-state index contributed by atoms with van der Waals surface area (Å²) >= 11 is 0. The lowest BCUT2D eigenvalue weighted by Crippen LogP contribution is -2.48. The molecule has 0 bridgehead atoms. The Hall–Kier alpha value is -3.60. The van der Waals surface area contributed by atoms with Crippen molar-refractivity contribution in [3.05, 3.63) is 95.1 Å². The number of nitrogens with zero attached hydrogens (tertiary/aromatic N) is 2. The molecule has 1 aliphatic heterocycles. The molecule has 0 radical (unpaired) electrons. The molecule has 5 heteroatoms. The first-order valence-corrected chi connectivity index (χ1v) is 13.4. The zero-order valence-corrected chi connectivity index (χ0v) is 22.6. The first-order valence-electron chi connectivity index (χ1n) is 13.4. The van der Waals surface area contributed by atoms with Crippen molar-refractivity contribution < 1.29 is 9.59 Å². The molecule has 0 unspecified atom stereocenters. The van der Waals surface area contributed by atoms with E-state index in [0.717, 1.165) is 49.3 Å². The number of rotatable bonds is 7. The molecule has 37 heavy (non-hydrogen) atoms. The number of carbonyl (C=O) groups is 2. The highest BCUT2D eigenvalue weighted by atomic mass is 16.2. The third kappa shape index (κ3) is 6.79. The van der Waals surface area contributed by atoms with Crippen LogP contribution in [0.5, 0.6) is 0 Å². The molecular formula is C32H39N3O2. The fourth-order valence-corrected chi connectivity index (χ4v) is 4.63. The number of hydrogen-bond donors (Lipinski definition) is 1. The summed E-state index contributed by atoms with van der Waals surface area (Å²) in [7, 11) is 0. The zero-order valence-electron chi connectivity index (χ0n) is 22.6. The van der Waals surface area contributed by atoms with Crippen LogP contribution in [0, 0.1) is 0 Å². The minimum absolute atomic E-state index is 0.0745. The van der Waals surface area contributed by atoms with E-state index >= 15 is 0 Å². The number of amides is 2. The molecule has 1 aliphatic rings. The normalized spacial score (nSPS) is 13.9. The predicted octanol–water partition coefficient (Wildman–Crippen LogP) is 6.54.